The van der Waals surface area contributed by atoms with Gasteiger partial charge in [-0.15, -0.1) is 0 Å². The van der Waals surface area contributed by atoms with Gasteiger partial charge in [0.2, 0.25) is 0 Å². The summed E-state index contributed by atoms with van der Waals surface area (Å²) < 4.78 is 0. The third-order valence-corrected chi connectivity index (χ3v) is 4.43. The van der Waals surface area contributed by atoms with E-state index in [0.29, 0.717) is 0 Å². The average molecular weight is 212 g/mol. The van der Waals surface area contributed by atoms with Crippen molar-refractivity contribution in [3.63, 3.8) is 0 Å². The maximum absolute atomic E-state index is 8.79. The second kappa shape index (κ2) is 5.04. The van der Waals surface area contributed by atoms with Crippen LogP contribution < -0.4 is 5.73 Å². The first kappa shape index (κ1) is 11.9. The second-order valence-corrected chi connectivity index (χ2v) is 6.02. The molecular formula is C11H20N2S. The lowest BCUT2D eigenvalue weighted by Gasteiger charge is -2.27. The van der Waals surface area contributed by atoms with Crippen molar-refractivity contribution in [2.75, 3.05) is 5.75 Å². The standard InChI is InChI=1S/C11H20N2S/c1-9-4-3-5-10(6-9)14-8-11(2,13)7-12/h9-10H,3-6,8,13H2,1-2H3. The van der Waals surface area contributed by atoms with Gasteiger partial charge in [-0.3, -0.25) is 0 Å². The highest BCUT2D eigenvalue weighted by molar-refractivity contribution is 8.00. The Kier molecular flexibility index (Phi) is 4.28. The minimum Gasteiger partial charge on any atom is -0.313 e. The first-order valence-corrected chi connectivity index (χ1v) is 6.40. The fourth-order valence-electron chi connectivity index (χ4n) is 1.85. The van der Waals surface area contributed by atoms with E-state index in [1.165, 1.54) is 25.7 Å². The predicted octanol–water partition coefficient (Wildman–Crippen LogP) is 2.54. The minimum atomic E-state index is -0.647. The molecule has 0 aromatic carbocycles. The van der Waals surface area contributed by atoms with Crippen molar-refractivity contribution in [2.24, 2.45) is 11.7 Å². The van der Waals surface area contributed by atoms with Gasteiger partial charge in [0, 0.05) is 11.0 Å². The normalized spacial score (nSPS) is 31.9. The van der Waals surface area contributed by atoms with Gasteiger partial charge in [-0.05, 0) is 25.7 Å². The summed E-state index contributed by atoms with van der Waals surface area (Å²) in [7, 11) is 0. The summed E-state index contributed by atoms with van der Waals surface area (Å²) in [4.78, 5) is 0. The number of nitrogens with two attached hydrogens (primary N) is 1. The van der Waals surface area contributed by atoms with Crippen LogP contribution in [0.3, 0.4) is 0 Å². The van der Waals surface area contributed by atoms with E-state index in [4.69, 9.17) is 11.0 Å². The van der Waals surface area contributed by atoms with Crippen LogP contribution in [0, 0.1) is 17.2 Å². The number of nitrogens with zero attached hydrogens (tertiary/aromatic N) is 1. The summed E-state index contributed by atoms with van der Waals surface area (Å²) in [5, 5.41) is 9.52. The molecule has 1 aliphatic carbocycles. The maximum Gasteiger partial charge on any atom is 0.110 e. The first-order valence-electron chi connectivity index (χ1n) is 5.35. The van der Waals surface area contributed by atoms with Crippen LogP contribution in [0.2, 0.25) is 0 Å². The van der Waals surface area contributed by atoms with Crippen LogP contribution in [0.15, 0.2) is 0 Å². The average Bonchev–Trinajstić information content (AvgIpc) is 2.15. The van der Waals surface area contributed by atoms with E-state index in [-0.39, 0.29) is 0 Å². The molecule has 0 aromatic rings. The molecule has 0 saturated heterocycles. The molecule has 0 heterocycles. The predicted molar refractivity (Wildman–Crippen MR) is 62.1 cm³/mol. The number of hydrogen-bond acceptors (Lipinski definition) is 3. The molecule has 0 aromatic heterocycles. The van der Waals surface area contributed by atoms with E-state index >= 15 is 0 Å². The zero-order valence-corrected chi connectivity index (χ0v) is 9.94. The van der Waals surface area contributed by atoms with Gasteiger partial charge in [-0.1, -0.05) is 19.8 Å². The Labute approximate surface area is 91.2 Å². The Morgan fingerprint density at radius 1 is 1.57 bits per heavy atom. The number of rotatable bonds is 3. The molecule has 0 amide bonds. The highest BCUT2D eigenvalue weighted by Gasteiger charge is 2.23. The number of hydrogen-bond donors (Lipinski definition) is 1. The monoisotopic (exact) mass is 212 g/mol. The van der Waals surface area contributed by atoms with Crippen LogP contribution in [0.1, 0.15) is 39.5 Å². The lowest BCUT2D eigenvalue weighted by Crippen LogP contribution is -2.37. The molecule has 0 spiro atoms. The number of nitriles is 1. The van der Waals surface area contributed by atoms with Gasteiger partial charge in [-0.25, -0.2) is 0 Å². The smallest absolute Gasteiger partial charge is 0.110 e. The molecule has 0 radical (unpaired) electrons. The summed E-state index contributed by atoms with van der Waals surface area (Å²) in [5.74, 6) is 1.62. The van der Waals surface area contributed by atoms with Gasteiger partial charge in [-0.2, -0.15) is 17.0 Å². The van der Waals surface area contributed by atoms with Gasteiger partial charge >= 0.3 is 0 Å². The molecule has 14 heavy (non-hydrogen) atoms. The SMILES string of the molecule is CC1CCCC(SCC(C)(N)C#N)C1. The summed E-state index contributed by atoms with van der Waals surface area (Å²) >= 11 is 1.89. The van der Waals surface area contributed by atoms with E-state index in [1.807, 2.05) is 18.7 Å². The van der Waals surface area contributed by atoms with Crippen LogP contribution in [-0.4, -0.2) is 16.5 Å². The molecule has 3 atom stereocenters. The maximum atomic E-state index is 8.79. The highest BCUT2D eigenvalue weighted by Crippen LogP contribution is 2.32. The van der Waals surface area contributed by atoms with Crippen LogP contribution in [0.5, 0.6) is 0 Å². The number of thioether (sulfide) groups is 1. The summed E-state index contributed by atoms with van der Waals surface area (Å²) in [6.07, 6.45) is 5.31. The van der Waals surface area contributed by atoms with Crippen molar-refractivity contribution in [1.82, 2.24) is 0 Å². The Morgan fingerprint density at radius 2 is 2.29 bits per heavy atom. The Hall–Kier alpha value is -0.200. The molecule has 0 bridgehead atoms. The third-order valence-electron chi connectivity index (χ3n) is 2.76. The van der Waals surface area contributed by atoms with E-state index < -0.39 is 5.54 Å². The molecule has 80 valence electrons. The van der Waals surface area contributed by atoms with Crippen molar-refractivity contribution < 1.29 is 0 Å². The Balaban J connectivity index is 2.28. The van der Waals surface area contributed by atoms with Crippen LogP contribution in [0.25, 0.3) is 0 Å². The Bertz CT molecular complexity index is 220. The molecule has 2 N–H and O–H groups in total. The van der Waals surface area contributed by atoms with Crippen molar-refractivity contribution in [3.05, 3.63) is 0 Å². The molecule has 1 rings (SSSR count). The third kappa shape index (κ3) is 3.89. The van der Waals surface area contributed by atoms with Crippen LogP contribution in [-0.2, 0) is 0 Å². The van der Waals surface area contributed by atoms with Gasteiger partial charge in [0.25, 0.3) is 0 Å². The van der Waals surface area contributed by atoms with Crippen molar-refractivity contribution in [1.29, 1.82) is 5.26 Å². The summed E-state index contributed by atoms with van der Waals surface area (Å²) in [6, 6.07) is 2.15. The molecule has 2 nitrogen and oxygen atoms in total. The first-order chi connectivity index (χ1) is 6.53. The fourth-order valence-corrected chi connectivity index (χ4v) is 3.30. The largest absolute Gasteiger partial charge is 0.313 e. The summed E-state index contributed by atoms with van der Waals surface area (Å²) in [6.45, 7) is 4.13. The zero-order valence-electron chi connectivity index (χ0n) is 9.12. The quantitative estimate of drug-likeness (QED) is 0.782. The van der Waals surface area contributed by atoms with E-state index in [1.54, 1.807) is 0 Å². The molecule has 3 heteroatoms. The van der Waals surface area contributed by atoms with E-state index in [9.17, 15) is 0 Å². The summed E-state index contributed by atoms with van der Waals surface area (Å²) in [5.41, 5.74) is 5.14. The zero-order chi connectivity index (χ0) is 10.6. The second-order valence-electron chi connectivity index (χ2n) is 4.73. The lowest BCUT2D eigenvalue weighted by molar-refractivity contribution is 0.394. The van der Waals surface area contributed by atoms with Crippen LogP contribution in [0.4, 0.5) is 0 Å². The minimum absolute atomic E-state index is 0.647. The van der Waals surface area contributed by atoms with Crippen molar-refractivity contribution >= 4 is 11.8 Å². The highest BCUT2D eigenvalue weighted by atomic mass is 32.2. The van der Waals surface area contributed by atoms with Crippen LogP contribution >= 0.6 is 11.8 Å². The van der Waals surface area contributed by atoms with E-state index in [2.05, 4.69) is 13.0 Å². The Morgan fingerprint density at radius 3 is 2.86 bits per heavy atom. The van der Waals surface area contributed by atoms with Crippen molar-refractivity contribution in [2.45, 2.75) is 50.3 Å². The van der Waals surface area contributed by atoms with Gasteiger partial charge in [0.05, 0.1) is 6.07 Å². The van der Waals surface area contributed by atoms with Gasteiger partial charge < -0.3 is 5.73 Å². The molecule has 1 fully saturated rings. The topological polar surface area (TPSA) is 49.8 Å². The van der Waals surface area contributed by atoms with Gasteiger partial charge in [0.15, 0.2) is 0 Å². The molecular weight excluding hydrogens is 192 g/mol. The van der Waals surface area contributed by atoms with E-state index in [0.717, 1.165) is 16.9 Å². The lowest BCUT2D eigenvalue weighted by atomic mass is 9.91. The molecule has 1 saturated carbocycles. The van der Waals surface area contributed by atoms with Gasteiger partial charge in [0.1, 0.15) is 5.54 Å². The fraction of sp³-hybridized carbons (Fsp3) is 0.909. The van der Waals surface area contributed by atoms with Crippen molar-refractivity contribution in [3.8, 4) is 6.07 Å². The molecule has 1 aliphatic rings. The molecule has 0 aliphatic heterocycles. The molecule has 3 unspecified atom stereocenters.